The fourth-order valence-corrected chi connectivity index (χ4v) is 2.84. The van der Waals surface area contributed by atoms with Crippen molar-refractivity contribution in [3.05, 3.63) is 34.9 Å². The maximum absolute atomic E-state index is 13.9. The second-order valence-electron chi connectivity index (χ2n) is 5.44. The molecule has 100 valence electrons. The lowest BCUT2D eigenvalue weighted by atomic mass is 9.74. The van der Waals surface area contributed by atoms with Crippen LogP contribution >= 0.6 is 0 Å². The molecule has 1 aromatic carbocycles. The molecule has 1 saturated carbocycles. The molecule has 0 aromatic heterocycles. The van der Waals surface area contributed by atoms with Crippen LogP contribution < -0.4 is 0 Å². The van der Waals surface area contributed by atoms with E-state index >= 15 is 0 Å². The zero-order valence-corrected chi connectivity index (χ0v) is 11.0. The van der Waals surface area contributed by atoms with Gasteiger partial charge in [-0.05, 0) is 44.1 Å². The zero-order chi connectivity index (χ0) is 13.3. The van der Waals surface area contributed by atoms with Crippen molar-refractivity contribution in [3.63, 3.8) is 0 Å². The Morgan fingerprint density at radius 2 is 1.83 bits per heavy atom. The molecule has 0 aliphatic heterocycles. The molecule has 0 saturated heterocycles. The van der Waals surface area contributed by atoms with Crippen LogP contribution in [0.5, 0.6) is 0 Å². The van der Waals surface area contributed by atoms with E-state index < -0.39 is 17.2 Å². The highest BCUT2D eigenvalue weighted by Gasteiger charge is 2.37. The summed E-state index contributed by atoms with van der Waals surface area (Å²) in [6, 6.07) is 3.07. The summed E-state index contributed by atoms with van der Waals surface area (Å²) in [6.07, 6.45) is 3.88. The molecular weight excluding hydrogens is 234 g/mol. The lowest BCUT2D eigenvalue weighted by molar-refractivity contribution is -0.0179. The summed E-state index contributed by atoms with van der Waals surface area (Å²) < 4.78 is 27.5. The third-order valence-corrected chi connectivity index (χ3v) is 4.29. The molecule has 0 unspecified atom stereocenters. The highest BCUT2D eigenvalue weighted by atomic mass is 19.2. The number of aliphatic hydroxyl groups is 1. The van der Waals surface area contributed by atoms with Gasteiger partial charge in [-0.25, -0.2) is 8.78 Å². The van der Waals surface area contributed by atoms with Crippen molar-refractivity contribution >= 4 is 0 Å². The van der Waals surface area contributed by atoms with E-state index in [0.717, 1.165) is 19.3 Å². The normalized spacial score (nSPS) is 28.4. The maximum Gasteiger partial charge on any atom is 0.165 e. The molecule has 1 N–H and O–H groups in total. The van der Waals surface area contributed by atoms with Crippen LogP contribution in [-0.4, -0.2) is 5.11 Å². The largest absolute Gasteiger partial charge is 0.385 e. The Labute approximate surface area is 107 Å². The first-order valence-corrected chi connectivity index (χ1v) is 6.65. The van der Waals surface area contributed by atoms with Crippen molar-refractivity contribution in [1.82, 2.24) is 0 Å². The third kappa shape index (κ3) is 2.28. The third-order valence-electron chi connectivity index (χ3n) is 4.29. The molecule has 3 heteroatoms. The van der Waals surface area contributed by atoms with E-state index in [0.29, 0.717) is 18.8 Å². The Balaban J connectivity index is 2.29. The molecule has 0 spiro atoms. The first-order valence-electron chi connectivity index (χ1n) is 6.65. The first kappa shape index (κ1) is 13.5. The van der Waals surface area contributed by atoms with Crippen LogP contribution in [0.4, 0.5) is 8.78 Å². The van der Waals surface area contributed by atoms with Gasteiger partial charge in [0.05, 0.1) is 5.60 Å². The van der Waals surface area contributed by atoms with Gasteiger partial charge in [-0.2, -0.15) is 0 Å². The molecule has 2 rings (SSSR count). The van der Waals surface area contributed by atoms with E-state index in [1.54, 1.807) is 0 Å². The van der Waals surface area contributed by atoms with Crippen LogP contribution in [0.15, 0.2) is 12.1 Å². The van der Waals surface area contributed by atoms with Crippen LogP contribution in [0.2, 0.25) is 0 Å². The number of halogens is 2. The predicted octanol–water partition coefficient (Wildman–Crippen LogP) is 4.06. The van der Waals surface area contributed by atoms with E-state index in [2.05, 4.69) is 6.92 Å². The molecule has 1 fully saturated rings. The van der Waals surface area contributed by atoms with Crippen molar-refractivity contribution in [2.45, 2.75) is 51.6 Å². The zero-order valence-electron chi connectivity index (χ0n) is 11.0. The van der Waals surface area contributed by atoms with Gasteiger partial charge in [0.15, 0.2) is 11.6 Å². The summed E-state index contributed by atoms with van der Waals surface area (Å²) in [5.74, 6) is -1.12. The lowest BCUT2D eigenvalue weighted by Gasteiger charge is -2.36. The summed E-state index contributed by atoms with van der Waals surface area (Å²) in [5.41, 5.74) is -0.785. The minimum Gasteiger partial charge on any atom is -0.385 e. The molecule has 0 atom stereocenters. The van der Waals surface area contributed by atoms with Gasteiger partial charge >= 0.3 is 0 Å². The van der Waals surface area contributed by atoms with Gasteiger partial charge in [0, 0.05) is 5.56 Å². The number of benzene rings is 1. The number of rotatable bonds is 2. The number of hydrogen-bond acceptors (Lipinski definition) is 1. The quantitative estimate of drug-likeness (QED) is 0.843. The molecule has 1 aliphatic carbocycles. The summed E-state index contributed by atoms with van der Waals surface area (Å²) in [6.45, 7) is 3.65. The molecule has 1 nitrogen and oxygen atoms in total. The SMILES string of the molecule is CCC1CCC(O)(c2ccc(C)c(F)c2F)CC1. The standard InChI is InChI=1S/C15H20F2O/c1-3-11-6-8-15(18,9-7-11)12-5-4-10(2)13(16)14(12)17/h4-5,11,18H,3,6-9H2,1-2H3. The van der Waals surface area contributed by atoms with Crippen LogP contribution in [0.3, 0.4) is 0 Å². The Kier molecular flexibility index (Phi) is 3.71. The van der Waals surface area contributed by atoms with Crippen LogP contribution in [0, 0.1) is 24.5 Å². The minimum absolute atomic E-state index is 0.125. The second kappa shape index (κ2) is 4.96. The highest BCUT2D eigenvalue weighted by molar-refractivity contribution is 5.30. The predicted molar refractivity (Wildman–Crippen MR) is 67.2 cm³/mol. The van der Waals surface area contributed by atoms with Crippen molar-refractivity contribution in [2.24, 2.45) is 5.92 Å². The topological polar surface area (TPSA) is 20.2 Å². The monoisotopic (exact) mass is 254 g/mol. The van der Waals surface area contributed by atoms with Crippen molar-refractivity contribution in [2.75, 3.05) is 0 Å². The average Bonchev–Trinajstić information content (AvgIpc) is 2.37. The van der Waals surface area contributed by atoms with Crippen LogP contribution in [-0.2, 0) is 5.60 Å². The van der Waals surface area contributed by atoms with E-state index in [1.807, 2.05) is 0 Å². The van der Waals surface area contributed by atoms with Gasteiger partial charge < -0.3 is 5.11 Å². The summed E-state index contributed by atoms with van der Waals surface area (Å²) >= 11 is 0. The van der Waals surface area contributed by atoms with E-state index in [4.69, 9.17) is 0 Å². The molecule has 1 aromatic rings. The Hall–Kier alpha value is -0.960. The highest BCUT2D eigenvalue weighted by Crippen LogP contribution is 2.41. The van der Waals surface area contributed by atoms with Gasteiger partial charge in [-0.1, -0.05) is 25.5 Å². The summed E-state index contributed by atoms with van der Waals surface area (Å²) in [5, 5.41) is 10.5. The van der Waals surface area contributed by atoms with Gasteiger partial charge in [-0.15, -0.1) is 0 Å². The first-order chi connectivity index (χ1) is 8.48. The van der Waals surface area contributed by atoms with E-state index in [-0.39, 0.29) is 11.1 Å². The van der Waals surface area contributed by atoms with Crippen LogP contribution in [0.25, 0.3) is 0 Å². The average molecular weight is 254 g/mol. The minimum atomic E-state index is -1.19. The van der Waals surface area contributed by atoms with Crippen molar-refractivity contribution in [3.8, 4) is 0 Å². The molecule has 0 amide bonds. The number of hydrogen-bond donors (Lipinski definition) is 1. The molecule has 0 radical (unpaired) electrons. The Morgan fingerprint density at radius 3 is 2.39 bits per heavy atom. The molecule has 18 heavy (non-hydrogen) atoms. The smallest absolute Gasteiger partial charge is 0.165 e. The maximum atomic E-state index is 13.9. The van der Waals surface area contributed by atoms with Crippen molar-refractivity contribution in [1.29, 1.82) is 0 Å². The Morgan fingerprint density at radius 1 is 1.22 bits per heavy atom. The van der Waals surface area contributed by atoms with Gasteiger partial charge in [0.2, 0.25) is 0 Å². The molecule has 0 bridgehead atoms. The summed E-state index contributed by atoms with van der Waals surface area (Å²) in [7, 11) is 0. The van der Waals surface area contributed by atoms with Gasteiger partial charge in [0.25, 0.3) is 0 Å². The summed E-state index contributed by atoms with van der Waals surface area (Å²) in [4.78, 5) is 0. The van der Waals surface area contributed by atoms with E-state index in [1.165, 1.54) is 19.1 Å². The van der Waals surface area contributed by atoms with Crippen molar-refractivity contribution < 1.29 is 13.9 Å². The van der Waals surface area contributed by atoms with Gasteiger partial charge in [-0.3, -0.25) is 0 Å². The van der Waals surface area contributed by atoms with E-state index in [9.17, 15) is 13.9 Å². The van der Waals surface area contributed by atoms with Gasteiger partial charge in [0.1, 0.15) is 0 Å². The fourth-order valence-electron chi connectivity index (χ4n) is 2.84. The molecule has 0 heterocycles. The lowest BCUT2D eigenvalue weighted by Crippen LogP contribution is -2.32. The molecular formula is C15H20F2O. The van der Waals surface area contributed by atoms with Crippen LogP contribution in [0.1, 0.15) is 50.2 Å². The fraction of sp³-hybridized carbons (Fsp3) is 0.600. The second-order valence-corrected chi connectivity index (χ2v) is 5.44. The molecule has 1 aliphatic rings. The number of aryl methyl sites for hydroxylation is 1. The Bertz CT molecular complexity index is 434.